The van der Waals surface area contributed by atoms with Gasteiger partial charge in [-0.3, -0.25) is 4.79 Å². The zero-order valence-corrected chi connectivity index (χ0v) is 17.7. The standard InChI is InChI=1S/C23H27BrN2O/c1-3-23(27)25-13-12-19-16-26(22-11-10-17(2)15-20(19)22)14-6-8-18-7-4-5-9-21(18)24/h4-5,7,9-11,15-16H,3,6,8,12-14H2,1-2H3,(H,25,27). The third kappa shape index (κ3) is 5.01. The normalized spacial score (nSPS) is 11.1. The molecule has 2 aromatic carbocycles. The quantitative estimate of drug-likeness (QED) is 0.512. The second kappa shape index (κ2) is 9.23. The Morgan fingerprint density at radius 1 is 1.11 bits per heavy atom. The van der Waals surface area contributed by atoms with E-state index in [1.807, 2.05) is 6.92 Å². The van der Waals surface area contributed by atoms with Crippen LogP contribution in [-0.4, -0.2) is 17.0 Å². The molecule has 4 heteroatoms. The van der Waals surface area contributed by atoms with Crippen LogP contribution in [0.4, 0.5) is 0 Å². The Morgan fingerprint density at radius 2 is 1.93 bits per heavy atom. The molecule has 27 heavy (non-hydrogen) atoms. The maximum absolute atomic E-state index is 11.5. The fourth-order valence-corrected chi connectivity index (χ4v) is 3.95. The van der Waals surface area contributed by atoms with E-state index in [2.05, 4.69) is 81.4 Å². The van der Waals surface area contributed by atoms with Crippen LogP contribution in [0.3, 0.4) is 0 Å². The van der Waals surface area contributed by atoms with E-state index < -0.39 is 0 Å². The molecule has 0 bridgehead atoms. The van der Waals surface area contributed by atoms with Crippen LogP contribution in [0.2, 0.25) is 0 Å². The van der Waals surface area contributed by atoms with Gasteiger partial charge in [0, 0.05) is 41.1 Å². The van der Waals surface area contributed by atoms with Crippen molar-refractivity contribution in [3.63, 3.8) is 0 Å². The molecule has 0 atom stereocenters. The average Bonchev–Trinajstić information content (AvgIpc) is 3.00. The minimum Gasteiger partial charge on any atom is -0.356 e. The van der Waals surface area contributed by atoms with Crippen molar-refractivity contribution in [3.05, 3.63) is 69.8 Å². The molecule has 1 amide bonds. The van der Waals surface area contributed by atoms with Gasteiger partial charge in [-0.2, -0.15) is 0 Å². The van der Waals surface area contributed by atoms with E-state index in [-0.39, 0.29) is 5.91 Å². The fourth-order valence-electron chi connectivity index (χ4n) is 3.47. The highest BCUT2D eigenvalue weighted by Gasteiger charge is 2.09. The van der Waals surface area contributed by atoms with Crippen molar-refractivity contribution >= 4 is 32.7 Å². The summed E-state index contributed by atoms with van der Waals surface area (Å²) in [6, 6.07) is 15.1. The lowest BCUT2D eigenvalue weighted by atomic mass is 10.1. The van der Waals surface area contributed by atoms with Gasteiger partial charge in [-0.15, -0.1) is 0 Å². The van der Waals surface area contributed by atoms with Crippen LogP contribution >= 0.6 is 15.9 Å². The summed E-state index contributed by atoms with van der Waals surface area (Å²) in [6.45, 7) is 5.70. The van der Waals surface area contributed by atoms with Gasteiger partial charge in [0.25, 0.3) is 0 Å². The van der Waals surface area contributed by atoms with E-state index >= 15 is 0 Å². The Bertz CT molecular complexity index is 929. The van der Waals surface area contributed by atoms with Crippen molar-refractivity contribution in [1.29, 1.82) is 0 Å². The molecule has 0 saturated carbocycles. The number of nitrogens with one attached hydrogen (secondary N) is 1. The molecule has 0 fully saturated rings. The highest BCUT2D eigenvalue weighted by molar-refractivity contribution is 9.10. The van der Waals surface area contributed by atoms with E-state index in [0.717, 1.165) is 25.8 Å². The SMILES string of the molecule is CCC(=O)NCCc1cn(CCCc2ccccc2Br)c2ccc(C)cc12. The van der Waals surface area contributed by atoms with Crippen LogP contribution in [0, 0.1) is 6.92 Å². The first-order valence-corrected chi connectivity index (χ1v) is 10.5. The van der Waals surface area contributed by atoms with Crippen molar-refractivity contribution < 1.29 is 4.79 Å². The molecule has 0 saturated heterocycles. The summed E-state index contributed by atoms with van der Waals surface area (Å²) in [4.78, 5) is 11.5. The predicted octanol–water partition coefficient (Wildman–Crippen LogP) is 5.41. The number of carbonyl (C=O) groups is 1. The Kier molecular flexibility index (Phi) is 6.73. The van der Waals surface area contributed by atoms with Crippen LogP contribution in [-0.2, 0) is 24.2 Å². The van der Waals surface area contributed by atoms with Crippen LogP contribution in [0.15, 0.2) is 53.1 Å². The van der Waals surface area contributed by atoms with Crippen molar-refractivity contribution in [1.82, 2.24) is 9.88 Å². The molecule has 1 N–H and O–H groups in total. The van der Waals surface area contributed by atoms with Gasteiger partial charge in [-0.1, -0.05) is 52.7 Å². The van der Waals surface area contributed by atoms with Crippen molar-refractivity contribution in [2.45, 2.75) is 46.1 Å². The molecular formula is C23H27BrN2O. The highest BCUT2D eigenvalue weighted by Crippen LogP contribution is 2.24. The minimum absolute atomic E-state index is 0.114. The average molecular weight is 427 g/mol. The number of aromatic nitrogens is 1. The van der Waals surface area contributed by atoms with Gasteiger partial charge in [0.2, 0.25) is 5.91 Å². The number of nitrogens with zero attached hydrogens (tertiary/aromatic N) is 1. The Balaban J connectivity index is 1.72. The van der Waals surface area contributed by atoms with Crippen LogP contribution in [0.25, 0.3) is 10.9 Å². The lowest BCUT2D eigenvalue weighted by Gasteiger charge is -2.07. The Labute approximate surface area is 169 Å². The zero-order chi connectivity index (χ0) is 19.2. The number of benzene rings is 2. The zero-order valence-electron chi connectivity index (χ0n) is 16.1. The van der Waals surface area contributed by atoms with E-state index in [4.69, 9.17) is 0 Å². The summed E-state index contributed by atoms with van der Waals surface area (Å²) >= 11 is 3.64. The van der Waals surface area contributed by atoms with Gasteiger partial charge in [0.15, 0.2) is 0 Å². The molecule has 3 rings (SSSR count). The van der Waals surface area contributed by atoms with Gasteiger partial charge in [-0.05, 0) is 55.5 Å². The Hall–Kier alpha value is -2.07. The Morgan fingerprint density at radius 3 is 2.70 bits per heavy atom. The van der Waals surface area contributed by atoms with E-state index in [9.17, 15) is 4.79 Å². The number of aryl methyl sites for hydroxylation is 3. The summed E-state index contributed by atoms with van der Waals surface area (Å²) in [7, 11) is 0. The molecular weight excluding hydrogens is 400 g/mol. The number of halogens is 1. The van der Waals surface area contributed by atoms with Crippen molar-refractivity contribution in [2.75, 3.05) is 6.54 Å². The van der Waals surface area contributed by atoms with Crippen LogP contribution < -0.4 is 5.32 Å². The van der Waals surface area contributed by atoms with Crippen molar-refractivity contribution in [2.24, 2.45) is 0 Å². The lowest BCUT2D eigenvalue weighted by Crippen LogP contribution is -2.24. The smallest absolute Gasteiger partial charge is 0.219 e. The second-order valence-corrected chi connectivity index (χ2v) is 7.87. The van der Waals surface area contributed by atoms with Gasteiger partial charge >= 0.3 is 0 Å². The molecule has 0 radical (unpaired) electrons. The van der Waals surface area contributed by atoms with Gasteiger partial charge in [0.05, 0.1) is 0 Å². The second-order valence-electron chi connectivity index (χ2n) is 7.02. The van der Waals surface area contributed by atoms with E-state index in [0.29, 0.717) is 13.0 Å². The molecule has 1 heterocycles. The first kappa shape index (κ1) is 19.7. The first-order chi connectivity index (χ1) is 13.1. The number of hydrogen-bond donors (Lipinski definition) is 1. The predicted molar refractivity (Wildman–Crippen MR) is 116 cm³/mol. The number of hydrogen-bond acceptors (Lipinski definition) is 1. The summed E-state index contributed by atoms with van der Waals surface area (Å²) in [5, 5.41) is 4.29. The van der Waals surface area contributed by atoms with E-state index in [1.165, 1.54) is 32.1 Å². The topological polar surface area (TPSA) is 34.0 Å². The summed E-state index contributed by atoms with van der Waals surface area (Å²) in [5.74, 6) is 0.114. The molecule has 3 aromatic rings. The molecule has 1 aromatic heterocycles. The molecule has 0 aliphatic carbocycles. The third-order valence-electron chi connectivity index (χ3n) is 4.96. The first-order valence-electron chi connectivity index (χ1n) is 9.67. The maximum atomic E-state index is 11.5. The summed E-state index contributed by atoms with van der Waals surface area (Å²) in [5.41, 5.74) is 5.22. The largest absolute Gasteiger partial charge is 0.356 e. The molecule has 0 unspecified atom stereocenters. The molecule has 0 aliphatic heterocycles. The highest BCUT2D eigenvalue weighted by atomic mass is 79.9. The fraction of sp³-hybridized carbons (Fsp3) is 0.348. The number of amides is 1. The third-order valence-corrected chi connectivity index (χ3v) is 5.73. The van der Waals surface area contributed by atoms with Crippen LogP contribution in [0.1, 0.15) is 36.5 Å². The molecule has 3 nitrogen and oxygen atoms in total. The molecule has 0 aliphatic rings. The minimum atomic E-state index is 0.114. The summed E-state index contributed by atoms with van der Waals surface area (Å²) < 4.78 is 3.55. The van der Waals surface area contributed by atoms with Crippen molar-refractivity contribution in [3.8, 4) is 0 Å². The molecule has 0 spiro atoms. The molecule has 142 valence electrons. The van der Waals surface area contributed by atoms with Gasteiger partial charge in [0.1, 0.15) is 0 Å². The number of rotatable bonds is 8. The maximum Gasteiger partial charge on any atom is 0.219 e. The number of carbonyl (C=O) groups excluding carboxylic acids is 1. The van der Waals surface area contributed by atoms with Gasteiger partial charge in [-0.25, -0.2) is 0 Å². The number of fused-ring (bicyclic) bond motifs is 1. The lowest BCUT2D eigenvalue weighted by molar-refractivity contribution is -0.120. The monoisotopic (exact) mass is 426 g/mol. The van der Waals surface area contributed by atoms with Crippen LogP contribution in [0.5, 0.6) is 0 Å². The summed E-state index contributed by atoms with van der Waals surface area (Å²) in [6.07, 6.45) is 5.81. The van der Waals surface area contributed by atoms with E-state index in [1.54, 1.807) is 0 Å². The van der Waals surface area contributed by atoms with Gasteiger partial charge < -0.3 is 9.88 Å².